The molecule has 0 atom stereocenters. The molecule has 2 aromatic rings. The second-order valence-electron chi connectivity index (χ2n) is 6.30. The summed E-state index contributed by atoms with van der Waals surface area (Å²) in [6.07, 6.45) is 0. The van der Waals surface area contributed by atoms with Crippen LogP contribution in [0, 0.1) is 11.3 Å². The fourth-order valence-electron chi connectivity index (χ4n) is 1.96. The molecule has 0 bridgehead atoms. The summed E-state index contributed by atoms with van der Waals surface area (Å²) in [4.78, 5) is 0. The summed E-state index contributed by atoms with van der Waals surface area (Å²) >= 11 is 0. The molecule has 2 N–H and O–H groups in total. The van der Waals surface area contributed by atoms with E-state index in [-0.39, 0.29) is 5.41 Å². The van der Waals surface area contributed by atoms with E-state index in [0.717, 1.165) is 12.1 Å². The molecule has 0 amide bonds. The van der Waals surface area contributed by atoms with Crippen molar-refractivity contribution in [3.8, 4) is 17.1 Å². The Bertz CT molecular complexity index is 618. The molecule has 2 rings (SSSR count). The lowest BCUT2D eigenvalue weighted by atomic mass is 9.81. The molecule has 6 heteroatoms. The average molecular weight is 289 g/mol. The van der Waals surface area contributed by atoms with Gasteiger partial charge in [0.15, 0.2) is 5.82 Å². The number of nitrogen functional groups attached to an aromatic ring is 1. The number of ether oxygens (including phenoxy) is 1. The smallest absolute Gasteiger partial charge is 0.182 e. The molecule has 114 valence electrons. The largest absolute Gasteiger partial charge is 0.497 e. The third-order valence-electron chi connectivity index (χ3n) is 4.07. The minimum absolute atomic E-state index is 0.0918. The van der Waals surface area contributed by atoms with Gasteiger partial charge in [-0.05, 0) is 33.9 Å². The van der Waals surface area contributed by atoms with E-state index in [4.69, 9.17) is 10.5 Å². The Labute approximate surface area is 125 Å². The lowest BCUT2D eigenvalue weighted by molar-refractivity contribution is 0.200. The Morgan fingerprint density at radius 2 is 2.00 bits per heavy atom. The molecule has 1 heterocycles. The van der Waals surface area contributed by atoms with E-state index in [9.17, 15) is 0 Å². The second-order valence-corrected chi connectivity index (χ2v) is 6.30. The molecule has 0 aliphatic rings. The van der Waals surface area contributed by atoms with Crippen molar-refractivity contribution in [1.82, 2.24) is 20.2 Å². The molecular weight excluding hydrogens is 266 g/mol. The Balaban J connectivity index is 2.39. The van der Waals surface area contributed by atoms with Gasteiger partial charge in [-0.25, -0.2) is 4.68 Å². The van der Waals surface area contributed by atoms with Crippen LogP contribution in [0.1, 0.15) is 27.7 Å². The predicted molar refractivity (Wildman–Crippen MR) is 82.8 cm³/mol. The first-order valence-electron chi connectivity index (χ1n) is 7.04. The van der Waals surface area contributed by atoms with Gasteiger partial charge in [-0.15, -0.1) is 5.10 Å². The zero-order valence-corrected chi connectivity index (χ0v) is 13.3. The summed E-state index contributed by atoms with van der Waals surface area (Å²) < 4.78 is 7.08. The van der Waals surface area contributed by atoms with Gasteiger partial charge < -0.3 is 10.5 Å². The number of rotatable bonds is 5. The molecule has 0 radical (unpaired) electrons. The molecule has 0 saturated carbocycles. The van der Waals surface area contributed by atoms with Gasteiger partial charge in [-0.1, -0.05) is 27.7 Å². The van der Waals surface area contributed by atoms with Crippen LogP contribution in [0.3, 0.4) is 0 Å². The van der Waals surface area contributed by atoms with Crippen LogP contribution in [0.25, 0.3) is 11.4 Å². The Hall–Kier alpha value is -2.11. The van der Waals surface area contributed by atoms with Gasteiger partial charge in [-0.3, -0.25) is 0 Å². The van der Waals surface area contributed by atoms with Crippen molar-refractivity contribution in [3.63, 3.8) is 0 Å². The van der Waals surface area contributed by atoms with Crippen molar-refractivity contribution in [3.05, 3.63) is 18.2 Å². The number of tetrazole rings is 1. The van der Waals surface area contributed by atoms with Crippen molar-refractivity contribution in [2.24, 2.45) is 11.3 Å². The van der Waals surface area contributed by atoms with Gasteiger partial charge in [0.2, 0.25) is 0 Å². The Morgan fingerprint density at radius 3 is 2.62 bits per heavy atom. The van der Waals surface area contributed by atoms with Crippen LogP contribution >= 0.6 is 0 Å². The SMILES string of the molecule is COc1cc(N)cc(-c2nnnn2CC(C)(C)C(C)C)c1. The number of hydrogen-bond donors (Lipinski definition) is 1. The van der Waals surface area contributed by atoms with Crippen molar-refractivity contribution in [2.75, 3.05) is 12.8 Å². The van der Waals surface area contributed by atoms with Crippen LogP contribution in [-0.2, 0) is 6.54 Å². The summed E-state index contributed by atoms with van der Waals surface area (Å²) in [5, 5.41) is 12.1. The second kappa shape index (κ2) is 5.71. The molecule has 6 nitrogen and oxygen atoms in total. The molecule has 0 spiro atoms. The summed E-state index contributed by atoms with van der Waals surface area (Å²) in [6.45, 7) is 9.57. The minimum atomic E-state index is 0.0918. The number of benzene rings is 1. The fourth-order valence-corrected chi connectivity index (χ4v) is 1.96. The van der Waals surface area contributed by atoms with Crippen LogP contribution in [0.5, 0.6) is 5.75 Å². The van der Waals surface area contributed by atoms with Crippen LogP contribution in [0.15, 0.2) is 18.2 Å². The first-order chi connectivity index (χ1) is 9.83. The summed E-state index contributed by atoms with van der Waals surface area (Å²) in [7, 11) is 1.61. The maximum atomic E-state index is 5.91. The van der Waals surface area contributed by atoms with E-state index < -0.39 is 0 Å². The topological polar surface area (TPSA) is 78.8 Å². The number of aromatic nitrogens is 4. The van der Waals surface area contributed by atoms with Gasteiger partial charge in [0.25, 0.3) is 0 Å². The number of hydrogen-bond acceptors (Lipinski definition) is 5. The number of nitrogens with two attached hydrogens (primary N) is 1. The normalized spacial score (nSPS) is 11.9. The predicted octanol–water partition coefficient (Wildman–Crippen LogP) is 2.61. The van der Waals surface area contributed by atoms with E-state index >= 15 is 0 Å². The summed E-state index contributed by atoms with van der Waals surface area (Å²) in [6, 6.07) is 5.52. The van der Waals surface area contributed by atoms with Crippen LogP contribution in [0.2, 0.25) is 0 Å². The summed E-state index contributed by atoms with van der Waals surface area (Å²) in [5.74, 6) is 1.92. The Kier molecular flexibility index (Phi) is 4.16. The molecule has 0 aliphatic carbocycles. The van der Waals surface area contributed by atoms with E-state index in [2.05, 4.69) is 43.2 Å². The van der Waals surface area contributed by atoms with Gasteiger partial charge >= 0.3 is 0 Å². The van der Waals surface area contributed by atoms with Crippen molar-refractivity contribution < 1.29 is 4.74 Å². The molecule has 0 aliphatic heterocycles. The van der Waals surface area contributed by atoms with E-state index in [0.29, 0.717) is 23.2 Å². The molecule has 0 fully saturated rings. The molecule has 21 heavy (non-hydrogen) atoms. The monoisotopic (exact) mass is 289 g/mol. The van der Waals surface area contributed by atoms with Crippen molar-refractivity contribution in [1.29, 1.82) is 0 Å². The van der Waals surface area contributed by atoms with Gasteiger partial charge in [0.1, 0.15) is 5.75 Å². The molecule has 1 aromatic carbocycles. The fraction of sp³-hybridized carbons (Fsp3) is 0.533. The highest BCUT2D eigenvalue weighted by atomic mass is 16.5. The van der Waals surface area contributed by atoms with Gasteiger partial charge in [-0.2, -0.15) is 0 Å². The lowest BCUT2D eigenvalue weighted by Crippen LogP contribution is -2.26. The van der Waals surface area contributed by atoms with Crippen LogP contribution < -0.4 is 10.5 Å². The maximum absolute atomic E-state index is 5.91. The van der Waals surface area contributed by atoms with E-state index in [1.165, 1.54) is 0 Å². The average Bonchev–Trinajstić information content (AvgIpc) is 2.85. The molecule has 0 saturated heterocycles. The number of anilines is 1. The Morgan fingerprint density at radius 1 is 1.29 bits per heavy atom. The van der Waals surface area contributed by atoms with Gasteiger partial charge in [0, 0.05) is 17.3 Å². The van der Waals surface area contributed by atoms with Crippen LogP contribution in [0.4, 0.5) is 5.69 Å². The molecule has 0 unspecified atom stereocenters. The zero-order chi connectivity index (χ0) is 15.6. The van der Waals surface area contributed by atoms with Crippen molar-refractivity contribution in [2.45, 2.75) is 34.2 Å². The van der Waals surface area contributed by atoms with Crippen LogP contribution in [-0.4, -0.2) is 27.3 Å². The standard InChI is InChI=1S/C15H23N5O/c1-10(2)15(3,4)9-20-14(17-18-19-20)11-6-12(16)8-13(7-11)21-5/h6-8,10H,9,16H2,1-5H3. The number of methoxy groups -OCH3 is 1. The minimum Gasteiger partial charge on any atom is -0.497 e. The lowest BCUT2D eigenvalue weighted by Gasteiger charge is -2.29. The van der Waals surface area contributed by atoms with E-state index in [1.807, 2.05) is 16.8 Å². The highest BCUT2D eigenvalue weighted by Gasteiger charge is 2.25. The van der Waals surface area contributed by atoms with Gasteiger partial charge in [0.05, 0.1) is 13.7 Å². The highest BCUT2D eigenvalue weighted by molar-refractivity contribution is 5.64. The summed E-state index contributed by atoms with van der Waals surface area (Å²) in [5.41, 5.74) is 7.49. The molecule has 1 aromatic heterocycles. The first kappa shape index (κ1) is 15.3. The van der Waals surface area contributed by atoms with E-state index in [1.54, 1.807) is 13.2 Å². The zero-order valence-electron chi connectivity index (χ0n) is 13.3. The third kappa shape index (κ3) is 3.32. The highest BCUT2D eigenvalue weighted by Crippen LogP contribution is 2.31. The quantitative estimate of drug-likeness (QED) is 0.856. The number of nitrogens with zero attached hydrogens (tertiary/aromatic N) is 4. The van der Waals surface area contributed by atoms with Crippen molar-refractivity contribution >= 4 is 5.69 Å². The first-order valence-corrected chi connectivity index (χ1v) is 7.04. The maximum Gasteiger partial charge on any atom is 0.182 e. The molecular formula is C15H23N5O. The third-order valence-corrected chi connectivity index (χ3v) is 4.07.